The van der Waals surface area contributed by atoms with Crippen LogP contribution in [0.5, 0.6) is 0 Å². The third kappa shape index (κ3) is 4.28. The highest BCUT2D eigenvalue weighted by Gasteiger charge is 2.41. The highest BCUT2D eigenvalue weighted by molar-refractivity contribution is 5.76. The lowest BCUT2D eigenvalue weighted by molar-refractivity contribution is -0.145. The molecular weight excluding hydrogens is 306 g/mol. The fourth-order valence-corrected chi connectivity index (χ4v) is 4.19. The van der Waals surface area contributed by atoms with Crippen molar-refractivity contribution in [3.8, 4) is 0 Å². The van der Waals surface area contributed by atoms with E-state index in [-0.39, 0.29) is 6.04 Å². The summed E-state index contributed by atoms with van der Waals surface area (Å²) >= 11 is 0. The molecule has 6 nitrogen and oxygen atoms in total. The van der Waals surface area contributed by atoms with Crippen molar-refractivity contribution < 1.29 is 14.7 Å². The largest absolute Gasteiger partial charge is 0.480 e. The maximum absolute atomic E-state index is 12.5. The van der Waals surface area contributed by atoms with Gasteiger partial charge in [-0.05, 0) is 57.2 Å². The molecule has 1 unspecified atom stereocenters. The fraction of sp³-hybridized carbons (Fsp3) is 0.889. The van der Waals surface area contributed by atoms with Gasteiger partial charge in [0.1, 0.15) is 6.04 Å². The number of piperazine rings is 1. The number of likely N-dealkylation sites (tertiary alicyclic amines) is 1. The molecule has 136 valence electrons. The van der Waals surface area contributed by atoms with Gasteiger partial charge in [-0.25, -0.2) is 0 Å². The number of nitrogens with zero attached hydrogens (tertiary/aromatic N) is 3. The topological polar surface area (TPSA) is 64.1 Å². The Hall–Kier alpha value is -1.14. The van der Waals surface area contributed by atoms with Crippen molar-refractivity contribution in [3.63, 3.8) is 0 Å². The number of amides is 1. The zero-order valence-electron chi connectivity index (χ0n) is 14.8. The number of hydrogen-bond donors (Lipinski definition) is 1. The molecule has 1 aliphatic carbocycles. The minimum absolute atomic E-state index is 0.288. The van der Waals surface area contributed by atoms with E-state index in [1.165, 1.54) is 0 Å². The second-order valence-electron chi connectivity index (χ2n) is 7.62. The predicted octanol–water partition coefficient (Wildman–Crippen LogP) is 1.12. The zero-order chi connectivity index (χ0) is 17.1. The summed E-state index contributed by atoms with van der Waals surface area (Å²) in [5.41, 5.74) is 0. The Bertz CT molecular complexity index is 450. The van der Waals surface area contributed by atoms with Crippen LogP contribution in [0.4, 0.5) is 0 Å². The lowest BCUT2D eigenvalue weighted by atomic mass is 9.91. The van der Waals surface area contributed by atoms with Crippen LogP contribution in [-0.2, 0) is 9.59 Å². The molecule has 0 aromatic heterocycles. The highest BCUT2D eigenvalue weighted by Crippen LogP contribution is 2.37. The van der Waals surface area contributed by atoms with Crippen molar-refractivity contribution in [2.45, 2.75) is 45.1 Å². The first-order chi connectivity index (χ1) is 11.6. The van der Waals surface area contributed by atoms with Gasteiger partial charge in [0.15, 0.2) is 0 Å². The number of carbonyl (C=O) groups is 2. The molecule has 6 heteroatoms. The van der Waals surface area contributed by atoms with Crippen molar-refractivity contribution in [2.75, 3.05) is 45.8 Å². The van der Waals surface area contributed by atoms with Crippen molar-refractivity contribution in [2.24, 2.45) is 11.8 Å². The maximum atomic E-state index is 12.5. The zero-order valence-corrected chi connectivity index (χ0v) is 14.8. The van der Waals surface area contributed by atoms with Crippen LogP contribution in [0, 0.1) is 11.8 Å². The molecule has 2 saturated heterocycles. The summed E-state index contributed by atoms with van der Waals surface area (Å²) in [5, 5.41) is 9.45. The molecule has 1 atom stereocenters. The predicted molar refractivity (Wildman–Crippen MR) is 91.8 cm³/mol. The van der Waals surface area contributed by atoms with Gasteiger partial charge in [0.2, 0.25) is 5.91 Å². The summed E-state index contributed by atoms with van der Waals surface area (Å²) in [6.45, 7) is 8.57. The minimum atomic E-state index is -0.666. The number of carboxylic acid groups (broad SMARTS) is 1. The van der Waals surface area contributed by atoms with Crippen molar-refractivity contribution in [1.82, 2.24) is 14.7 Å². The molecule has 0 radical (unpaired) electrons. The van der Waals surface area contributed by atoms with Gasteiger partial charge in [-0.2, -0.15) is 0 Å². The number of rotatable bonds is 6. The molecule has 3 fully saturated rings. The molecule has 1 amide bonds. The van der Waals surface area contributed by atoms with E-state index in [0.717, 1.165) is 71.5 Å². The van der Waals surface area contributed by atoms with E-state index in [2.05, 4.69) is 16.7 Å². The molecule has 1 N–H and O–H groups in total. The Labute approximate surface area is 144 Å². The monoisotopic (exact) mass is 337 g/mol. The third-order valence-electron chi connectivity index (χ3n) is 6.00. The summed E-state index contributed by atoms with van der Waals surface area (Å²) in [5.74, 6) is 0.407. The van der Waals surface area contributed by atoms with E-state index >= 15 is 0 Å². The summed E-state index contributed by atoms with van der Waals surface area (Å²) in [6, 6.07) is -0.288. The second kappa shape index (κ2) is 7.83. The average Bonchev–Trinajstić information content (AvgIpc) is 3.41. The van der Waals surface area contributed by atoms with Crippen LogP contribution < -0.4 is 0 Å². The molecule has 2 aliphatic heterocycles. The molecular formula is C18H31N3O3. The molecule has 0 spiro atoms. The second-order valence-corrected chi connectivity index (χ2v) is 7.62. The number of carboxylic acids is 1. The summed E-state index contributed by atoms with van der Waals surface area (Å²) in [7, 11) is 0. The fourth-order valence-electron chi connectivity index (χ4n) is 4.19. The molecule has 0 aromatic rings. The van der Waals surface area contributed by atoms with E-state index in [4.69, 9.17) is 0 Å². The first-order valence-electron chi connectivity index (χ1n) is 9.55. The molecule has 1 saturated carbocycles. The summed E-state index contributed by atoms with van der Waals surface area (Å²) in [6.07, 6.45) is 4.66. The maximum Gasteiger partial charge on any atom is 0.321 e. The Morgan fingerprint density at radius 3 is 2.12 bits per heavy atom. The van der Waals surface area contributed by atoms with Crippen molar-refractivity contribution >= 4 is 11.9 Å². The van der Waals surface area contributed by atoms with E-state index in [9.17, 15) is 14.7 Å². The number of carbonyl (C=O) groups excluding carboxylic acids is 1. The molecule has 24 heavy (non-hydrogen) atoms. The van der Waals surface area contributed by atoms with E-state index in [1.54, 1.807) is 0 Å². The minimum Gasteiger partial charge on any atom is -0.480 e. The lowest BCUT2D eigenvalue weighted by Gasteiger charge is -2.37. The quantitative estimate of drug-likeness (QED) is 0.787. The van der Waals surface area contributed by atoms with Crippen LogP contribution in [0.2, 0.25) is 0 Å². The molecule has 2 heterocycles. The molecule has 3 aliphatic rings. The Balaban J connectivity index is 1.42. The Morgan fingerprint density at radius 1 is 1.00 bits per heavy atom. The van der Waals surface area contributed by atoms with Crippen LogP contribution in [-0.4, -0.2) is 83.5 Å². The summed E-state index contributed by atoms with van der Waals surface area (Å²) < 4.78 is 0. The van der Waals surface area contributed by atoms with Crippen LogP contribution in [0.15, 0.2) is 0 Å². The highest BCUT2D eigenvalue weighted by atomic mass is 16.4. The Morgan fingerprint density at radius 2 is 1.62 bits per heavy atom. The first kappa shape index (κ1) is 17.7. The van der Waals surface area contributed by atoms with Gasteiger partial charge in [-0.15, -0.1) is 0 Å². The summed E-state index contributed by atoms with van der Waals surface area (Å²) in [4.78, 5) is 30.5. The van der Waals surface area contributed by atoms with Gasteiger partial charge in [0.25, 0.3) is 0 Å². The standard InChI is InChI=1S/C18H31N3O3/c1-2-19-9-11-20(12-10-19)16(22)13-14-5-7-21(8-6-14)17(18(23)24)15-3-4-15/h14-15,17H,2-13H2,1H3,(H,23,24). The van der Waals surface area contributed by atoms with Gasteiger partial charge >= 0.3 is 5.97 Å². The van der Waals surface area contributed by atoms with Crippen LogP contribution >= 0.6 is 0 Å². The number of likely N-dealkylation sites (N-methyl/N-ethyl adjacent to an activating group) is 1. The van der Waals surface area contributed by atoms with Gasteiger partial charge in [-0.1, -0.05) is 6.92 Å². The van der Waals surface area contributed by atoms with Crippen molar-refractivity contribution in [3.05, 3.63) is 0 Å². The number of hydrogen-bond acceptors (Lipinski definition) is 4. The van der Waals surface area contributed by atoms with Crippen LogP contribution in [0.25, 0.3) is 0 Å². The molecule has 0 aromatic carbocycles. The van der Waals surface area contributed by atoms with Gasteiger partial charge < -0.3 is 14.9 Å². The van der Waals surface area contributed by atoms with Gasteiger partial charge in [0.05, 0.1) is 0 Å². The number of aliphatic carboxylic acids is 1. The van der Waals surface area contributed by atoms with E-state index in [1.807, 2.05) is 4.90 Å². The van der Waals surface area contributed by atoms with Gasteiger partial charge in [0, 0.05) is 32.6 Å². The van der Waals surface area contributed by atoms with Crippen LogP contribution in [0.3, 0.4) is 0 Å². The average molecular weight is 337 g/mol. The van der Waals surface area contributed by atoms with Crippen molar-refractivity contribution in [1.29, 1.82) is 0 Å². The molecule has 0 bridgehead atoms. The normalized spacial score (nSPS) is 25.6. The Kier molecular flexibility index (Phi) is 5.76. The lowest BCUT2D eigenvalue weighted by Crippen LogP contribution is -2.50. The van der Waals surface area contributed by atoms with Crippen LogP contribution in [0.1, 0.15) is 39.0 Å². The molecule has 3 rings (SSSR count). The van der Waals surface area contributed by atoms with E-state index < -0.39 is 5.97 Å². The number of piperidine rings is 1. The third-order valence-corrected chi connectivity index (χ3v) is 6.00. The van der Waals surface area contributed by atoms with Gasteiger partial charge in [-0.3, -0.25) is 14.5 Å². The SMILES string of the molecule is CCN1CCN(C(=O)CC2CCN(C(C(=O)O)C3CC3)CC2)CC1. The van der Waals surface area contributed by atoms with E-state index in [0.29, 0.717) is 24.2 Å². The smallest absolute Gasteiger partial charge is 0.321 e. The first-order valence-corrected chi connectivity index (χ1v) is 9.55.